The summed E-state index contributed by atoms with van der Waals surface area (Å²) in [5.74, 6) is 1.44. The number of carbonyl (C=O) groups is 1. The van der Waals surface area contributed by atoms with Gasteiger partial charge in [0.05, 0.1) is 19.3 Å². The maximum atomic E-state index is 11.6. The van der Waals surface area contributed by atoms with Gasteiger partial charge in [0.2, 0.25) is 0 Å². The zero-order valence-corrected chi connectivity index (χ0v) is 17.3. The second-order valence-corrected chi connectivity index (χ2v) is 7.61. The quantitative estimate of drug-likeness (QED) is 0.564. The fourth-order valence-electron chi connectivity index (χ4n) is 2.94. The van der Waals surface area contributed by atoms with E-state index in [0.29, 0.717) is 24.0 Å². The molecular formula is C24H30O3. The summed E-state index contributed by atoms with van der Waals surface area (Å²) in [4.78, 5) is 11.6. The maximum absolute atomic E-state index is 11.6. The molecule has 0 aliphatic heterocycles. The Morgan fingerprint density at radius 1 is 1.04 bits per heavy atom. The lowest BCUT2D eigenvalue weighted by molar-refractivity contribution is 0.0600. The molecule has 0 saturated heterocycles. The molecule has 0 fully saturated rings. The summed E-state index contributed by atoms with van der Waals surface area (Å²) in [5.41, 5.74) is 5.86. The third kappa shape index (κ3) is 5.00. The first kappa shape index (κ1) is 20.8. The number of esters is 1. The number of aryl methyl sites for hydroxylation is 1. The van der Waals surface area contributed by atoms with Crippen molar-refractivity contribution in [3.05, 3.63) is 70.8 Å². The Hall–Kier alpha value is -2.55. The van der Waals surface area contributed by atoms with Crippen LogP contribution in [0.25, 0.3) is 5.57 Å². The Balaban J connectivity index is 2.38. The van der Waals surface area contributed by atoms with Gasteiger partial charge in [0.25, 0.3) is 0 Å². The summed E-state index contributed by atoms with van der Waals surface area (Å²) in [7, 11) is 1.38. The summed E-state index contributed by atoms with van der Waals surface area (Å²) >= 11 is 0. The Labute approximate surface area is 163 Å². The number of carbonyl (C=O) groups excluding carboxylic acids is 1. The van der Waals surface area contributed by atoms with Crippen molar-refractivity contribution in [1.29, 1.82) is 0 Å². The summed E-state index contributed by atoms with van der Waals surface area (Å²) in [5, 5.41) is 0. The van der Waals surface area contributed by atoms with Crippen molar-refractivity contribution in [3.8, 4) is 5.75 Å². The summed E-state index contributed by atoms with van der Waals surface area (Å²) in [6, 6.07) is 11.7. The minimum absolute atomic E-state index is 0.336. The van der Waals surface area contributed by atoms with Crippen LogP contribution in [0.3, 0.4) is 0 Å². The average molecular weight is 367 g/mol. The van der Waals surface area contributed by atoms with Crippen molar-refractivity contribution in [2.24, 2.45) is 5.92 Å². The van der Waals surface area contributed by atoms with Crippen molar-refractivity contribution >= 4 is 11.5 Å². The van der Waals surface area contributed by atoms with E-state index in [1.165, 1.54) is 12.7 Å². The molecule has 2 aromatic carbocycles. The lowest BCUT2D eigenvalue weighted by Crippen LogP contribution is -2.08. The van der Waals surface area contributed by atoms with E-state index in [1.54, 1.807) is 12.1 Å². The topological polar surface area (TPSA) is 35.5 Å². The molecule has 3 nitrogen and oxygen atoms in total. The zero-order valence-electron chi connectivity index (χ0n) is 17.3. The van der Waals surface area contributed by atoms with Crippen LogP contribution in [0.1, 0.15) is 66.2 Å². The molecule has 0 heterocycles. The molecule has 2 rings (SSSR count). The molecule has 0 unspecified atom stereocenters. The lowest BCUT2D eigenvalue weighted by Gasteiger charge is -2.20. The Morgan fingerprint density at radius 3 is 2.15 bits per heavy atom. The van der Waals surface area contributed by atoms with E-state index in [2.05, 4.69) is 53.3 Å². The summed E-state index contributed by atoms with van der Waals surface area (Å²) in [6.07, 6.45) is 0. The van der Waals surface area contributed by atoms with Gasteiger partial charge in [-0.3, -0.25) is 0 Å². The van der Waals surface area contributed by atoms with E-state index in [9.17, 15) is 4.79 Å². The molecule has 0 aromatic heterocycles. The SMILES string of the molecule is C=C(c1ccc(C(=O)OC)cc1)c1cc(C(C)C)c(OCC(C)C)cc1C. The normalized spacial score (nSPS) is 11.0. The highest BCUT2D eigenvalue weighted by atomic mass is 16.5. The smallest absolute Gasteiger partial charge is 0.337 e. The third-order valence-corrected chi connectivity index (χ3v) is 4.53. The minimum Gasteiger partial charge on any atom is -0.493 e. The Morgan fingerprint density at radius 2 is 1.63 bits per heavy atom. The average Bonchev–Trinajstić information content (AvgIpc) is 2.65. The Bertz CT molecular complexity index is 814. The zero-order chi connectivity index (χ0) is 20.1. The van der Waals surface area contributed by atoms with E-state index in [-0.39, 0.29) is 5.97 Å². The molecule has 0 amide bonds. The van der Waals surface area contributed by atoms with E-state index < -0.39 is 0 Å². The molecule has 3 heteroatoms. The van der Waals surface area contributed by atoms with Gasteiger partial charge in [-0.05, 0) is 70.9 Å². The second kappa shape index (κ2) is 8.90. The highest BCUT2D eigenvalue weighted by molar-refractivity contribution is 5.90. The molecule has 144 valence electrons. The first-order chi connectivity index (χ1) is 12.7. The van der Waals surface area contributed by atoms with Crippen molar-refractivity contribution < 1.29 is 14.3 Å². The highest BCUT2D eigenvalue weighted by Gasteiger charge is 2.15. The molecule has 0 spiro atoms. The molecule has 0 radical (unpaired) electrons. The summed E-state index contributed by atoms with van der Waals surface area (Å²) < 4.78 is 10.8. The molecule has 0 saturated carbocycles. The molecule has 0 aliphatic carbocycles. The van der Waals surface area contributed by atoms with Crippen LogP contribution >= 0.6 is 0 Å². The van der Waals surface area contributed by atoms with E-state index >= 15 is 0 Å². The predicted octanol–water partition coefficient (Wildman–Crippen LogP) is 6.00. The number of hydrogen-bond donors (Lipinski definition) is 0. The van der Waals surface area contributed by atoms with E-state index in [1.807, 2.05) is 12.1 Å². The van der Waals surface area contributed by atoms with Gasteiger partial charge in [-0.25, -0.2) is 4.79 Å². The number of hydrogen-bond acceptors (Lipinski definition) is 3. The van der Waals surface area contributed by atoms with Gasteiger partial charge in [-0.15, -0.1) is 0 Å². The Kier molecular flexibility index (Phi) is 6.84. The van der Waals surface area contributed by atoms with Crippen LogP contribution < -0.4 is 4.74 Å². The van der Waals surface area contributed by atoms with Crippen molar-refractivity contribution in [2.75, 3.05) is 13.7 Å². The third-order valence-electron chi connectivity index (χ3n) is 4.53. The second-order valence-electron chi connectivity index (χ2n) is 7.61. The number of rotatable bonds is 7. The molecule has 0 N–H and O–H groups in total. The minimum atomic E-state index is -0.336. The fraction of sp³-hybridized carbons (Fsp3) is 0.375. The predicted molar refractivity (Wildman–Crippen MR) is 112 cm³/mol. The number of methoxy groups -OCH3 is 1. The van der Waals surface area contributed by atoms with Gasteiger partial charge in [0.15, 0.2) is 0 Å². The molecule has 27 heavy (non-hydrogen) atoms. The van der Waals surface area contributed by atoms with Crippen molar-refractivity contribution in [3.63, 3.8) is 0 Å². The monoisotopic (exact) mass is 366 g/mol. The van der Waals surface area contributed by atoms with Gasteiger partial charge in [0.1, 0.15) is 5.75 Å². The fourth-order valence-corrected chi connectivity index (χ4v) is 2.94. The van der Waals surface area contributed by atoms with Crippen LogP contribution in [0.2, 0.25) is 0 Å². The first-order valence-electron chi connectivity index (χ1n) is 9.40. The van der Waals surface area contributed by atoms with Gasteiger partial charge in [-0.2, -0.15) is 0 Å². The van der Waals surface area contributed by atoms with Crippen molar-refractivity contribution in [1.82, 2.24) is 0 Å². The van der Waals surface area contributed by atoms with Crippen LogP contribution in [-0.4, -0.2) is 19.7 Å². The molecule has 0 atom stereocenters. The van der Waals surface area contributed by atoms with E-state index in [0.717, 1.165) is 28.0 Å². The lowest BCUT2D eigenvalue weighted by atomic mass is 9.90. The molecule has 2 aromatic rings. The van der Waals surface area contributed by atoms with Crippen LogP contribution in [0.5, 0.6) is 5.75 Å². The van der Waals surface area contributed by atoms with Crippen LogP contribution in [0.15, 0.2) is 43.0 Å². The largest absolute Gasteiger partial charge is 0.493 e. The van der Waals surface area contributed by atoms with Gasteiger partial charge >= 0.3 is 5.97 Å². The van der Waals surface area contributed by atoms with Gasteiger partial charge in [0, 0.05) is 0 Å². The van der Waals surface area contributed by atoms with Gasteiger partial charge in [-0.1, -0.05) is 46.4 Å². The molecule has 0 aliphatic rings. The standard InChI is InChI=1S/C24H30O3/c1-15(2)14-27-23-12-17(5)22(13-21(23)16(3)4)18(6)19-8-10-20(11-9-19)24(25)26-7/h8-13,15-16H,6,14H2,1-5,7H3. The molecular weight excluding hydrogens is 336 g/mol. The van der Waals surface area contributed by atoms with Gasteiger partial charge < -0.3 is 9.47 Å². The maximum Gasteiger partial charge on any atom is 0.337 e. The van der Waals surface area contributed by atoms with Crippen LogP contribution in [-0.2, 0) is 4.74 Å². The number of benzene rings is 2. The first-order valence-corrected chi connectivity index (χ1v) is 9.40. The van der Waals surface area contributed by atoms with Crippen molar-refractivity contribution in [2.45, 2.75) is 40.5 Å². The summed E-state index contributed by atoms with van der Waals surface area (Å²) in [6.45, 7) is 15.7. The van der Waals surface area contributed by atoms with Crippen LogP contribution in [0, 0.1) is 12.8 Å². The molecule has 0 bridgehead atoms. The van der Waals surface area contributed by atoms with E-state index in [4.69, 9.17) is 9.47 Å². The van der Waals surface area contributed by atoms with Crippen LogP contribution in [0.4, 0.5) is 0 Å². The number of ether oxygens (including phenoxy) is 2. The highest BCUT2D eigenvalue weighted by Crippen LogP contribution is 2.34.